The zero-order valence-electron chi connectivity index (χ0n) is 11.9. The van der Waals surface area contributed by atoms with Crippen LogP contribution in [0.2, 0.25) is 0 Å². The van der Waals surface area contributed by atoms with Crippen molar-refractivity contribution in [1.29, 1.82) is 0 Å². The molecule has 0 radical (unpaired) electrons. The van der Waals surface area contributed by atoms with Gasteiger partial charge in [-0.3, -0.25) is 4.90 Å². The van der Waals surface area contributed by atoms with Crippen LogP contribution in [0.15, 0.2) is 18.2 Å². The Balaban J connectivity index is 2.31. The Labute approximate surface area is 115 Å². The summed E-state index contributed by atoms with van der Waals surface area (Å²) in [6.07, 6.45) is 3.83. The minimum atomic E-state index is 0.213. The summed E-state index contributed by atoms with van der Waals surface area (Å²) in [6.45, 7) is 2.83. The van der Waals surface area contributed by atoms with Crippen molar-refractivity contribution in [3.63, 3.8) is 0 Å². The lowest BCUT2D eigenvalue weighted by molar-refractivity contribution is 0.164. The van der Waals surface area contributed by atoms with Gasteiger partial charge in [0.25, 0.3) is 0 Å². The minimum Gasteiger partial charge on any atom is -0.493 e. The summed E-state index contributed by atoms with van der Waals surface area (Å²) in [5.41, 5.74) is 7.14. The van der Waals surface area contributed by atoms with Crippen molar-refractivity contribution in [2.24, 2.45) is 5.73 Å². The Kier molecular flexibility index (Phi) is 5.05. The fraction of sp³-hybridized carbons (Fsp3) is 0.600. The molecule has 1 aromatic carbocycles. The lowest BCUT2D eigenvalue weighted by Gasteiger charge is -2.34. The van der Waals surface area contributed by atoms with Crippen molar-refractivity contribution < 1.29 is 9.47 Å². The zero-order valence-corrected chi connectivity index (χ0v) is 11.9. The molecule has 0 aliphatic carbocycles. The number of likely N-dealkylation sites (tertiary alicyclic amines) is 1. The van der Waals surface area contributed by atoms with Crippen LogP contribution in [-0.2, 0) is 0 Å². The smallest absolute Gasteiger partial charge is 0.165 e. The largest absolute Gasteiger partial charge is 0.493 e. The second kappa shape index (κ2) is 6.78. The summed E-state index contributed by atoms with van der Waals surface area (Å²) in [6, 6.07) is 6.23. The van der Waals surface area contributed by atoms with Crippen LogP contribution in [0, 0.1) is 0 Å². The second-order valence-electron chi connectivity index (χ2n) is 4.93. The Morgan fingerprint density at radius 2 is 1.89 bits per heavy atom. The van der Waals surface area contributed by atoms with Crippen LogP contribution in [0.5, 0.6) is 11.5 Å². The summed E-state index contributed by atoms with van der Waals surface area (Å²) >= 11 is 0. The molecule has 0 bridgehead atoms. The van der Waals surface area contributed by atoms with E-state index in [1.165, 1.54) is 19.3 Å². The van der Waals surface area contributed by atoms with Gasteiger partial charge in [0.05, 0.1) is 20.3 Å². The monoisotopic (exact) mass is 264 g/mol. The molecular weight excluding hydrogens is 240 g/mol. The molecule has 4 heteroatoms. The molecule has 0 saturated carbocycles. The van der Waals surface area contributed by atoms with Gasteiger partial charge in [0.1, 0.15) is 0 Å². The van der Waals surface area contributed by atoms with E-state index in [4.69, 9.17) is 15.2 Å². The topological polar surface area (TPSA) is 47.7 Å². The molecule has 1 aliphatic rings. The predicted molar refractivity (Wildman–Crippen MR) is 76.8 cm³/mol. The van der Waals surface area contributed by atoms with E-state index in [0.29, 0.717) is 6.54 Å². The van der Waals surface area contributed by atoms with Crippen molar-refractivity contribution in [2.75, 3.05) is 33.9 Å². The number of ether oxygens (including phenoxy) is 2. The molecule has 1 aromatic rings. The summed E-state index contributed by atoms with van der Waals surface area (Å²) in [5, 5.41) is 0. The molecule has 0 spiro atoms. The van der Waals surface area contributed by atoms with E-state index >= 15 is 0 Å². The highest BCUT2D eigenvalue weighted by molar-refractivity contribution is 5.48. The first-order chi connectivity index (χ1) is 9.31. The Hall–Kier alpha value is -1.26. The molecule has 1 atom stereocenters. The average molecular weight is 264 g/mol. The molecule has 0 unspecified atom stereocenters. The van der Waals surface area contributed by atoms with E-state index in [1.807, 2.05) is 12.1 Å². The molecule has 1 heterocycles. The van der Waals surface area contributed by atoms with Crippen LogP contribution in [0.1, 0.15) is 30.9 Å². The third-order valence-electron chi connectivity index (χ3n) is 3.85. The molecule has 2 rings (SSSR count). The number of hydrogen-bond donors (Lipinski definition) is 1. The van der Waals surface area contributed by atoms with Crippen LogP contribution in [0.25, 0.3) is 0 Å². The molecule has 19 heavy (non-hydrogen) atoms. The molecule has 106 valence electrons. The number of hydrogen-bond acceptors (Lipinski definition) is 4. The van der Waals surface area contributed by atoms with E-state index in [0.717, 1.165) is 30.2 Å². The first-order valence-corrected chi connectivity index (χ1v) is 6.96. The van der Waals surface area contributed by atoms with Gasteiger partial charge >= 0.3 is 0 Å². The maximum absolute atomic E-state index is 6.01. The standard InChI is InChI=1S/C15H24N2O2/c1-18-14-8-6-7-12(15(14)19-2)13(11-16)17-9-4-3-5-10-17/h6-8,13H,3-5,9-11,16H2,1-2H3/t13-/m1/s1. The molecular formula is C15H24N2O2. The van der Waals surface area contributed by atoms with Crippen molar-refractivity contribution in [3.05, 3.63) is 23.8 Å². The summed E-state index contributed by atoms with van der Waals surface area (Å²) < 4.78 is 10.9. The van der Waals surface area contributed by atoms with Crippen molar-refractivity contribution >= 4 is 0 Å². The van der Waals surface area contributed by atoms with E-state index in [2.05, 4.69) is 11.0 Å². The molecule has 2 N–H and O–H groups in total. The fourth-order valence-electron chi connectivity index (χ4n) is 2.88. The number of benzene rings is 1. The van der Waals surface area contributed by atoms with Gasteiger partial charge in [-0.05, 0) is 32.0 Å². The van der Waals surface area contributed by atoms with Gasteiger partial charge in [-0.1, -0.05) is 18.6 Å². The van der Waals surface area contributed by atoms with Gasteiger partial charge in [-0.2, -0.15) is 0 Å². The fourth-order valence-corrected chi connectivity index (χ4v) is 2.88. The Morgan fingerprint density at radius 3 is 2.47 bits per heavy atom. The highest BCUT2D eigenvalue weighted by Crippen LogP contribution is 2.37. The van der Waals surface area contributed by atoms with Gasteiger partial charge in [0.15, 0.2) is 11.5 Å². The van der Waals surface area contributed by atoms with Crippen LogP contribution in [0.4, 0.5) is 0 Å². The normalized spacial score (nSPS) is 18.1. The first-order valence-electron chi connectivity index (χ1n) is 6.96. The van der Waals surface area contributed by atoms with Crippen LogP contribution >= 0.6 is 0 Å². The van der Waals surface area contributed by atoms with Gasteiger partial charge < -0.3 is 15.2 Å². The number of nitrogens with zero attached hydrogens (tertiary/aromatic N) is 1. The maximum Gasteiger partial charge on any atom is 0.165 e. The third-order valence-corrected chi connectivity index (χ3v) is 3.85. The summed E-state index contributed by atoms with van der Waals surface area (Å²) in [4.78, 5) is 2.46. The average Bonchev–Trinajstić information content (AvgIpc) is 2.48. The lowest BCUT2D eigenvalue weighted by Crippen LogP contribution is -2.37. The quantitative estimate of drug-likeness (QED) is 0.885. The summed E-state index contributed by atoms with van der Waals surface area (Å²) in [5.74, 6) is 1.58. The molecule has 0 amide bonds. The molecule has 4 nitrogen and oxygen atoms in total. The van der Waals surface area contributed by atoms with E-state index in [-0.39, 0.29) is 6.04 Å². The van der Waals surface area contributed by atoms with E-state index < -0.39 is 0 Å². The van der Waals surface area contributed by atoms with E-state index in [9.17, 15) is 0 Å². The van der Waals surface area contributed by atoms with Crippen LogP contribution in [0.3, 0.4) is 0 Å². The molecule has 1 fully saturated rings. The summed E-state index contributed by atoms with van der Waals surface area (Å²) in [7, 11) is 3.35. The number of rotatable bonds is 5. The Bertz CT molecular complexity index is 403. The number of piperidine rings is 1. The van der Waals surface area contributed by atoms with Gasteiger partial charge in [0.2, 0.25) is 0 Å². The van der Waals surface area contributed by atoms with E-state index in [1.54, 1.807) is 14.2 Å². The van der Waals surface area contributed by atoms with Gasteiger partial charge in [-0.25, -0.2) is 0 Å². The third kappa shape index (κ3) is 3.01. The Morgan fingerprint density at radius 1 is 1.16 bits per heavy atom. The maximum atomic E-state index is 6.01. The number of nitrogens with two attached hydrogens (primary N) is 1. The van der Waals surface area contributed by atoms with Crippen LogP contribution in [-0.4, -0.2) is 38.8 Å². The lowest BCUT2D eigenvalue weighted by atomic mass is 10.0. The van der Waals surface area contributed by atoms with Crippen molar-refractivity contribution in [2.45, 2.75) is 25.3 Å². The highest BCUT2D eigenvalue weighted by Gasteiger charge is 2.25. The number of para-hydroxylation sites is 1. The molecule has 1 aliphatic heterocycles. The number of methoxy groups -OCH3 is 2. The first kappa shape index (κ1) is 14.2. The molecule has 0 aromatic heterocycles. The van der Waals surface area contributed by atoms with Crippen molar-refractivity contribution in [3.8, 4) is 11.5 Å². The minimum absolute atomic E-state index is 0.213. The van der Waals surface area contributed by atoms with Gasteiger partial charge in [0, 0.05) is 12.1 Å². The highest BCUT2D eigenvalue weighted by atomic mass is 16.5. The zero-order chi connectivity index (χ0) is 13.7. The van der Waals surface area contributed by atoms with Crippen molar-refractivity contribution in [1.82, 2.24) is 4.90 Å². The van der Waals surface area contributed by atoms with Crippen LogP contribution < -0.4 is 15.2 Å². The second-order valence-corrected chi connectivity index (χ2v) is 4.93. The SMILES string of the molecule is COc1cccc([C@@H](CN)N2CCCCC2)c1OC. The predicted octanol–water partition coefficient (Wildman–Crippen LogP) is 2.19. The van der Waals surface area contributed by atoms with Gasteiger partial charge in [-0.15, -0.1) is 0 Å². The molecule has 1 saturated heterocycles.